The third-order valence-electron chi connectivity index (χ3n) is 8.70. The van der Waals surface area contributed by atoms with E-state index in [2.05, 4.69) is 67.6 Å². The first kappa shape index (κ1) is 29.1. The first-order valence-corrected chi connectivity index (χ1v) is 15.6. The van der Waals surface area contributed by atoms with Crippen LogP contribution in [0.5, 0.6) is 5.75 Å². The van der Waals surface area contributed by atoms with Crippen LogP contribution in [0.2, 0.25) is 0 Å². The number of rotatable bonds is 14. The van der Waals surface area contributed by atoms with Gasteiger partial charge in [0.1, 0.15) is 5.75 Å². The average molecular weight is 525 g/mol. The Kier molecular flexibility index (Phi) is 11.7. The third kappa shape index (κ3) is 9.38. The summed E-state index contributed by atoms with van der Waals surface area (Å²) in [6.07, 6.45) is 16.5. The molecule has 0 aliphatic heterocycles. The van der Waals surface area contributed by atoms with Crippen molar-refractivity contribution in [2.45, 2.75) is 103 Å². The lowest BCUT2D eigenvalue weighted by Gasteiger charge is -2.29. The molecule has 0 saturated heterocycles. The first-order valence-electron chi connectivity index (χ1n) is 15.6. The third-order valence-corrected chi connectivity index (χ3v) is 8.70. The summed E-state index contributed by atoms with van der Waals surface area (Å²) in [5.41, 5.74) is 5.20. The molecule has 2 heteroatoms. The van der Waals surface area contributed by atoms with Gasteiger partial charge in [0, 0.05) is 0 Å². The van der Waals surface area contributed by atoms with Crippen molar-refractivity contribution in [3.8, 4) is 16.9 Å². The van der Waals surface area contributed by atoms with Crippen LogP contribution in [0.15, 0.2) is 78.9 Å². The Labute approximate surface area is 237 Å². The molecule has 1 atom stereocenters. The molecule has 1 aliphatic carbocycles. The van der Waals surface area contributed by atoms with E-state index < -0.39 is 0 Å². The lowest BCUT2D eigenvalue weighted by Crippen LogP contribution is -2.18. The number of esters is 1. The minimum Gasteiger partial charge on any atom is -0.426 e. The average Bonchev–Trinajstić information content (AvgIpc) is 2.98. The van der Waals surface area contributed by atoms with E-state index in [4.69, 9.17) is 4.74 Å². The van der Waals surface area contributed by atoms with Crippen LogP contribution in [0.3, 0.4) is 0 Å². The normalized spacial score (nSPS) is 18.0. The van der Waals surface area contributed by atoms with Crippen molar-refractivity contribution in [1.82, 2.24) is 0 Å². The number of hydrogen-bond donors (Lipinski definition) is 0. The summed E-state index contributed by atoms with van der Waals surface area (Å²) < 4.78 is 5.74. The fourth-order valence-corrected chi connectivity index (χ4v) is 6.07. The van der Waals surface area contributed by atoms with Crippen molar-refractivity contribution in [1.29, 1.82) is 0 Å². The Morgan fingerprint density at radius 1 is 0.769 bits per heavy atom. The molecule has 1 unspecified atom stereocenters. The van der Waals surface area contributed by atoms with Crippen molar-refractivity contribution < 1.29 is 9.53 Å². The molecule has 208 valence electrons. The molecule has 1 aliphatic rings. The van der Waals surface area contributed by atoms with Crippen LogP contribution in [-0.4, -0.2) is 5.97 Å². The molecule has 1 fully saturated rings. The molecule has 0 heterocycles. The molecule has 0 spiro atoms. The number of carbonyl (C=O) groups is 1. The van der Waals surface area contributed by atoms with Crippen LogP contribution in [0, 0.1) is 11.8 Å². The topological polar surface area (TPSA) is 26.3 Å². The van der Waals surface area contributed by atoms with E-state index >= 15 is 0 Å². The van der Waals surface area contributed by atoms with E-state index in [-0.39, 0.29) is 11.9 Å². The Bertz CT molecular complexity index is 1090. The molecule has 2 nitrogen and oxygen atoms in total. The standard InChI is InChI=1S/C37H48O2/c1-3-4-5-6-8-13-30-17-23-34(24-18-30)35-25-27-36(28-26-35)39-37(38)29(2)12-11-14-31-19-21-33(22-20-31)32-15-9-7-10-16-32/h7,9-10,15-16,19-22,25-30,34H,3-6,8,11-14,17-18,23-24H2,1-2H3/t29?,30-,34-. The summed E-state index contributed by atoms with van der Waals surface area (Å²) in [6.45, 7) is 4.27. The Morgan fingerprint density at radius 2 is 1.44 bits per heavy atom. The van der Waals surface area contributed by atoms with Gasteiger partial charge in [-0.15, -0.1) is 0 Å². The number of carbonyl (C=O) groups excluding carboxylic acids is 1. The zero-order valence-corrected chi connectivity index (χ0v) is 24.2. The summed E-state index contributed by atoms with van der Waals surface area (Å²) in [5, 5.41) is 0. The highest BCUT2D eigenvalue weighted by Crippen LogP contribution is 2.38. The Morgan fingerprint density at radius 3 is 2.13 bits per heavy atom. The molecule has 0 amide bonds. The van der Waals surface area contributed by atoms with Crippen LogP contribution in [0.4, 0.5) is 0 Å². The summed E-state index contributed by atoms with van der Waals surface area (Å²) in [7, 11) is 0. The number of ether oxygens (including phenoxy) is 1. The highest BCUT2D eigenvalue weighted by atomic mass is 16.5. The van der Waals surface area contributed by atoms with Crippen molar-refractivity contribution in [3.63, 3.8) is 0 Å². The first-order chi connectivity index (χ1) is 19.1. The van der Waals surface area contributed by atoms with Gasteiger partial charge in [-0.25, -0.2) is 0 Å². The van der Waals surface area contributed by atoms with Crippen molar-refractivity contribution >= 4 is 5.97 Å². The maximum absolute atomic E-state index is 12.7. The second-order valence-corrected chi connectivity index (χ2v) is 11.8. The van der Waals surface area contributed by atoms with Crippen LogP contribution < -0.4 is 4.74 Å². The quantitative estimate of drug-likeness (QED) is 0.119. The van der Waals surface area contributed by atoms with E-state index in [1.165, 1.54) is 86.5 Å². The van der Waals surface area contributed by atoms with Crippen molar-refractivity contribution in [2.24, 2.45) is 11.8 Å². The second kappa shape index (κ2) is 15.7. The maximum Gasteiger partial charge on any atom is 0.314 e. The number of unbranched alkanes of at least 4 members (excludes halogenated alkanes) is 4. The van der Waals surface area contributed by atoms with Crippen molar-refractivity contribution in [3.05, 3.63) is 90.0 Å². The zero-order valence-electron chi connectivity index (χ0n) is 24.2. The summed E-state index contributed by atoms with van der Waals surface area (Å²) >= 11 is 0. The maximum atomic E-state index is 12.7. The van der Waals surface area contributed by atoms with Gasteiger partial charge in [0.25, 0.3) is 0 Å². The molecule has 4 rings (SSSR count). The highest BCUT2D eigenvalue weighted by molar-refractivity contribution is 5.74. The SMILES string of the molecule is CCCCCCC[C@H]1CC[C@H](c2ccc(OC(=O)C(C)CCCc3ccc(-c4ccccc4)cc3)cc2)CC1. The lowest BCUT2D eigenvalue weighted by atomic mass is 9.77. The predicted octanol–water partition coefficient (Wildman–Crippen LogP) is 10.6. The molecule has 3 aromatic rings. The fraction of sp³-hybridized carbons (Fsp3) is 0.486. The van der Waals surface area contributed by atoms with Gasteiger partial charge in [-0.05, 0) is 91.2 Å². The minimum atomic E-state index is -0.123. The smallest absolute Gasteiger partial charge is 0.314 e. The zero-order chi connectivity index (χ0) is 27.3. The Hall–Kier alpha value is -2.87. The summed E-state index contributed by atoms with van der Waals surface area (Å²) in [5.74, 6) is 2.03. The molecule has 1 saturated carbocycles. The molecule has 39 heavy (non-hydrogen) atoms. The molecule has 0 aromatic heterocycles. The summed E-state index contributed by atoms with van der Waals surface area (Å²) in [4.78, 5) is 12.7. The van der Waals surface area contributed by atoms with E-state index in [0.717, 1.165) is 25.2 Å². The number of aryl methyl sites for hydroxylation is 1. The van der Waals surface area contributed by atoms with Gasteiger partial charge in [0.05, 0.1) is 5.92 Å². The van der Waals surface area contributed by atoms with E-state index in [0.29, 0.717) is 11.7 Å². The van der Waals surface area contributed by atoms with Gasteiger partial charge >= 0.3 is 5.97 Å². The van der Waals surface area contributed by atoms with Gasteiger partial charge in [0.15, 0.2) is 0 Å². The highest BCUT2D eigenvalue weighted by Gasteiger charge is 2.22. The van der Waals surface area contributed by atoms with Crippen LogP contribution >= 0.6 is 0 Å². The Balaban J connectivity index is 1.14. The number of hydrogen-bond acceptors (Lipinski definition) is 2. The van der Waals surface area contributed by atoms with Gasteiger partial charge in [-0.3, -0.25) is 4.79 Å². The molecule has 0 radical (unpaired) electrons. The number of benzene rings is 3. The van der Waals surface area contributed by atoms with Crippen LogP contribution in [-0.2, 0) is 11.2 Å². The van der Waals surface area contributed by atoms with E-state index in [1.54, 1.807) is 0 Å². The predicted molar refractivity (Wildman–Crippen MR) is 164 cm³/mol. The van der Waals surface area contributed by atoms with Gasteiger partial charge in [-0.1, -0.05) is 119 Å². The van der Waals surface area contributed by atoms with E-state index in [1.807, 2.05) is 25.1 Å². The monoisotopic (exact) mass is 524 g/mol. The van der Waals surface area contributed by atoms with Crippen LogP contribution in [0.25, 0.3) is 11.1 Å². The summed E-state index contributed by atoms with van der Waals surface area (Å²) in [6, 6.07) is 27.6. The van der Waals surface area contributed by atoms with Gasteiger partial charge in [-0.2, -0.15) is 0 Å². The molecular formula is C37H48O2. The molecule has 0 bridgehead atoms. The molecular weight excluding hydrogens is 476 g/mol. The largest absolute Gasteiger partial charge is 0.426 e. The van der Waals surface area contributed by atoms with Gasteiger partial charge < -0.3 is 4.74 Å². The second-order valence-electron chi connectivity index (χ2n) is 11.8. The van der Waals surface area contributed by atoms with Gasteiger partial charge in [0.2, 0.25) is 0 Å². The minimum absolute atomic E-state index is 0.106. The molecule has 3 aromatic carbocycles. The van der Waals surface area contributed by atoms with E-state index in [9.17, 15) is 4.79 Å². The van der Waals surface area contributed by atoms with Crippen LogP contribution in [0.1, 0.15) is 108 Å². The molecule has 0 N–H and O–H groups in total. The lowest BCUT2D eigenvalue weighted by molar-refractivity contribution is -0.138. The fourth-order valence-electron chi connectivity index (χ4n) is 6.07. The van der Waals surface area contributed by atoms with Crippen molar-refractivity contribution in [2.75, 3.05) is 0 Å².